The molecule has 9 heteroatoms. The standard InChI is InChI=1S/C26H27N3O5S/c1-28(17-19-6-4-3-5-7-19)35(32,33)24-14-8-21(9-15-24)27-26(31)20-16-25(30)29(18-20)22-10-12-23(34-2)13-11-22/h3-15,20H,16-18H2,1-2H3,(H,27,31). The molecule has 0 saturated carbocycles. The van der Waals surface area contributed by atoms with Gasteiger partial charge in [-0.2, -0.15) is 4.31 Å². The molecule has 1 atom stereocenters. The van der Waals surface area contributed by atoms with Gasteiger partial charge in [-0.1, -0.05) is 30.3 Å². The van der Waals surface area contributed by atoms with Crippen LogP contribution in [-0.4, -0.2) is 45.2 Å². The highest BCUT2D eigenvalue weighted by atomic mass is 32.2. The minimum atomic E-state index is -3.69. The van der Waals surface area contributed by atoms with Crippen molar-refractivity contribution in [1.82, 2.24) is 4.31 Å². The predicted molar refractivity (Wildman–Crippen MR) is 134 cm³/mol. The zero-order chi connectivity index (χ0) is 25.0. The number of hydrogen-bond acceptors (Lipinski definition) is 5. The van der Waals surface area contributed by atoms with Crippen molar-refractivity contribution < 1.29 is 22.7 Å². The highest BCUT2D eigenvalue weighted by molar-refractivity contribution is 7.89. The Labute approximate surface area is 205 Å². The van der Waals surface area contributed by atoms with Crippen LogP contribution in [0.25, 0.3) is 0 Å². The Bertz CT molecular complexity index is 1290. The lowest BCUT2D eigenvalue weighted by Crippen LogP contribution is -2.28. The van der Waals surface area contributed by atoms with Crippen LogP contribution < -0.4 is 15.0 Å². The van der Waals surface area contributed by atoms with Crippen molar-refractivity contribution in [3.05, 3.63) is 84.4 Å². The van der Waals surface area contributed by atoms with Gasteiger partial charge in [0, 0.05) is 37.9 Å². The van der Waals surface area contributed by atoms with Crippen LogP contribution >= 0.6 is 0 Å². The van der Waals surface area contributed by atoms with E-state index in [1.54, 1.807) is 48.4 Å². The van der Waals surface area contributed by atoms with E-state index in [-0.39, 0.29) is 36.2 Å². The molecule has 8 nitrogen and oxygen atoms in total. The molecule has 1 unspecified atom stereocenters. The smallest absolute Gasteiger partial charge is 0.243 e. The van der Waals surface area contributed by atoms with Gasteiger partial charge >= 0.3 is 0 Å². The molecule has 2 amide bonds. The zero-order valence-electron chi connectivity index (χ0n) is 19.5. The Kier molecular flexibility index (Phi) is 7.18. The lowest BCUT2D eigenvalue weighted by molar-refractivity contribution is -0.122. The van der Waals surface area contributed by atoms with E-state index in [1.807, 2.05) is 30.3 Å². The summed E-state index contributed by atoms with van der Waals surface area (Å²) in [6.45, 7) is 0.524. The van der Waals surface area contributed by atoms with E-state index in [0.29, 0.717) is 17.1 Å². The molecule has 0 spiro atoms. The summed E-state index contributed by atoms with van der Waals surface area (Å²) in [6, 6.07) is 22.5. The summed E-state index contributed by atoms with van der Waals surface area (Å²) in [4.78, 5) is 27.0. The maximum atomic E-state index is 12.9. The van der Waals surface area contributed by atoms with E-state index in [1.165, 1.54) is 23.5 Å². The summed E-state index contributed by atoms with van der Waals surface area (Å²) in [5.41, 5.74) is 2.06. The molecule has 1 N–H and O–H groups in total. The SMILES string of the molecule is COc1ccc(N2CC(C(=O)Nc3ccc(S(=O)(=O)N(C)Cc4ccccc4)cc3)CC2=O)cc1. The first-order chi connectivity index (χ1) is 16.8. The van der Waals surface area contributed by atoms with E-state index < -0.39 is 15.9 Å². The maximum Gasteiger partial charge on any atom is 0.243 e. The lowest BCUT2D eigenvalue weighted by Gasteiger charge is -2.18. The highest BCUT2D eigenvalue weighted by Gasteiger charge is 2.35. The lowest BCUT2D eigenvalue weighted by atomic mass is 10.1. The Morgan fingerprint density at radius 1 is 1.03 bits per heavy atom. The summed E-state index contributed by atoms with van der Waals surface area (Å²) < 4.78 is 32.3. The number of benzene rings is 3. The van der Waals surface area contributed by atoms with Crippen LogP contribution in [0, 0.1) is 5.92 Å². The minimum Gasteiger partial charge on any atom is -0.497 e. The van der Waals surface area contributed by atoms with Crippen molar-refractivity contribution in [2.24, 2.45) is 5.92 Å². The minimum absolute atomic E-state index is 0.106. The molecule has 35 heavy (non-hydrogen) atoms. The number of sulfonamides is 1. The normalized spacial score (nSPS) is 15.9. The Morgan fingerprint density at radius 2 is 1.69 bits per heavy atom. The fourth-order valence-electron chi connectivity index (χ4n) is 3.95. The molecule has 1 aliphatic rings. The van der Waals surface area contributed by atoms with Crippen LogP contribution in [0.3, 0.4) is 0 Å². The number of amides is 2. The first-order valence-electron chi connectivity index (χ1n) is 11.1. The largest absolute Gasteiger partial charge is 0.497 e. The molecule has 182 valence electrons. The molecular weight excluding hydrogens is 466 g/mol. The average molecular weight is 494 g/mol. The molecule has 3 aromatic rings. The van der Waals surface area contributed by atoms with E-state index in [0.717, 1.165) is 5.56 Å². The fourth-order valence-corrected chi connectivity index (χ4v) is 5.11. The van der Waals surface area contributed by atoms with Gasteiger partial charge in [0.15, 0.2) is 0 Å². The van der Waals surface area contributed by atoms with Gasteiger partial charge in [-0.15, -0.1) is 0 Å². The van der Waals surface area contributed by atoms with Gasteiger partial charge in [0.05, 0.1) is 17.9 Å². The Hall–Kier alpha value is -3.69. The van der Waals surface area contributed by atoms with Crippen molar-refractivity contribution in [3.8, 4) is 5.75 Å². The van der Waals surface area contributed by atoms with Crippen LogP contribution in [0.2, 0.25) is 0 Å². The molecule has 1 heterocycles. The van der Waals surface area contributed by atoms with Gasteiger partial charge in [0.2, 0.25) is 21.8 Å². The molecule has 0 radical (unpaired) electrons. The second kappa shape index (κ2) is 10.3. The van der Waals surface area contributed by atoms with Crippen molar-refractivity contribution >= 4 is 33.2 Å². The molecule has 3 aromatic carbocycles. The number of nitrogens with one attached hydrogen (secondary N) is 1. The predicted octanol–water partition coefficient (Wildman–Crippen LogP) is 3.51. The maximum absolute atomic E-state index is 12.9. The van der Waals surface area contributed by atoms with Crippen LogP contribution in [0.5, 0.6) is 5.75 Å². The molecule has 0 aliphatic carbocycles. The zero-order valence-corrected chi connectivity index (χ0v) is 20.4. The Morgan fingerprint density at radius 3 is 2.31 bits per heavy atom. The highest BCUT2D eigenvalue weighted by Crippen LogP contribution is 2.28. The molecule has 1 saturated heterocycles. The van der Waals surface area contributed by atoms with Gasteiger partial charge < -0.3 is 15.0 Å². The topological polar surface area (TPSA) is 96.0 Å². The number of nitrogens with zero attached hydrogens (tertiary/aromatic N) is 2. The second-order valence-corrected chi connectivity index (χ2v) is 10.4. The summed E-state index contributed by atoms with van der Waals surface area (Å²) in [5, 5.41) is 2.80. The van der Waals surface area contributed by atoms with E-state index in [4.69, 9.17) is 4.74 Å². The number of anilines is 2. The molecule has 1 fully saturated rings. The summed E-state index contributed by atoms with van der Waals surface area (Å²) >= 11 is 0. The van der Waals surface area contributed by atoms with Crippen LogP contribution in [0.1, 0.15) is 12.0 Å². The summed E-state index contributed by atoms with van der Waals surface area (Å²) in [5.74, 6) is -0.235. The number of methoxy groups -OCH3 is 1. The molecule has 0 aromatic heterocycles. The first kappa shape index (κ1) is 24.4. The van der Waals surface area contributed by atoms with E-state index in [9.17, 15) is 18.0 Å². The molecule has 0 bridgehead atoms. The fraction of sp³-hybridized carbons (Fsp3) is 0.231. The molecule has 4 rings (SSSR count). The molecular formula is C26H27N3O5S. The van der Waals surface area contributed by atoms with Gasteiger partial charge in [-0.25, -0.2) is 8.42 Å². The average Bonchev–Trinajstić information content (AvgIpc) is 3.26. The van der Waals surface area contributed by atoms with Gasteiger partial charge in [-0.05, 0) is 54.1 Å². The summed E-state index contributed by atoms with van der Waals surface area (Å²) in [7, 11) is -0.586. The van der Waals surface area contributed by atoms with Crippen molar-refractivity contribution in [1.29, 1.82) is 0 Å². The third kappa shape index (κ3) is 5.52. The monoisotopic (exact) mass is 493 g/mol. The van der Waals surface area contributed by atoms with Crippen LogP contribution in [0.15, 0.2) is 83.8 Å². The summed E-state index contributed by atoms with van der Waals surface area (Å²) in [6.07, 6.45) is 0.106. The number of carbonyl (C=O) groups is 2. The van der Waals surface area contributed by atoms with Crippen LogP contribution in [-0.2, 0) is 26.2 Å². The quantitative estimate of drug-likeness (QED) is 0.518. The van der Waals surface area contributed by atoms with Crippen molar-refractivity contribution in [3.63, 3.8) is 0 Å². The molecule has 1 aliphatic heterocycles. The number of rotatable bonds is 8. The van der Waals surface area contributed by atoms with Gasteiger partial charge in [-0.3, -0.25) is 9.59 Å². The Balaban J connectivity index is 1.38. The van der Waals surface area contributed by atoms with Gasteiger partial charge in [0.1, 0.15) is 5.75 Å². The van der Waals surface area contributed by atoms with Crippen molar-refractivity contribution in [2.75, 3.05) is 30.9 Å². The second-order valence-electron chi connectivity index (χ2n) is 8.36. The first-order valence-corrected chi connectivity index (χ1v) is 12.6. The number of hydrogen-bond donors (Lipinski definition) is 1. The van der Waals surface area contributed by atoms with Crippen molar-refractivity contribution in [2.45, 2.75) is 17.9 Å². The van der Waals surface area contributed by atoms with Crippen LogP contribution in [0.4, 0.5) is 11.4 Å². The third-order valence-corrected chi connectivity index (χ3v) is 7.78. The van der Waals surface area contributed by atoms with E-state index in [2.05, 4.69) is 5.32 Å². The van der Waals surface area contributed by atoms with E-state index >= 15 is 0 Å². The number of ether oxygens (including phenoxy) is 1. The number of carbonyl (C=O) groups excluding carboxylic acids is 2. The third-order valence-electron chi connectivity index (χ3n) is 5.96. The van der Waals surface area contributed by atoms with Gasteiger partial charge in [0.25, 0.3) is 0 Å².